The quantitative estimate of drug-likeness (QED) is 0.0761. The average Bonchev–Trinajstić information content (AvgIpc) is 3.98. The number of fused-ring (bicyclic) bond motifs is 2. The van der Waals surface area contributed by atoms with E-state index in [-0.39, 0.29) is 5.78 Å². The molecule has 0 bridgehead atoms. The van der Waals surface area contributed by atoms with Crippen LogP contribution < -0.4 is 0 Å². The summed E-state index contributed by atoms with van der Waals surface area (Å²) in [5.74, 6) is -0.0405. The van der Waals surface area contributed by atoms with Crippen LogP contribution in [0.5, 0.6) is 0 Å². The number of oxime groups is 1. The van der Waals surface area contributed by atoms with E-state index in [1.54, 1.807) is 35.7 Å². The second-order valence-corrected chi connectivity index (χ2v) is 12.9. The molecule has 256 valence electrons. The number of nitrogens with zero attached hydrogens (tertiary/aromatic N) is 9. The Labute approximate surface area is 301 Å². The van der Waals surface area contributed by atoms with Gasteiger partial charge in [-0.1, -0.05) is 41.6 Å². The number of aromatic nitrogens is 8. The van der Waals surface area contributed by atoms with Gasteiger partial charge in [0.1, 0.15) is 11.4 Å². The number of aliphatic hydroxyl groups excluding tert-OH is 1. The number of rotatable bonds is 6. The molecule has 0 aliphatic heterocycles. The number of thiazole rings is 2. The van der Waals surface area contributed by atoms with E-state index in [1.807, 2.05) is 107 Å². The van der Waals surface area contributed by atoms with Crippen molar-refractivity contribution in [3.63, 3.8) is 0 Å². The zero-order valence-electron chi connectivity index (χ0n) is 28.4. The fourth-order valence-electron chi connectivity index (χ4n) is 5.18. The molecule has 6 heterocycles. The number of pyridine rings is 2. The topological polar surface area (TPSA) is 157 Å². The molecule has 6 aromatic heterocycles. The number of aryl methyl sites for hydroxylation is 2. The van der Waals surface area contributed by atoms with Crippen molar-refractivity contribution >= 4 is 56.0 Å². The number of hydrogen-bond acceptors (Lipinski definition) is 12. The van der Waals surface area contributed by atoms with E-state index in [4.69, 9.17) is 10.3 Å². The summed E-state index contributed by atoms with van der Waals surface area (Å²) in [6.07, 6.45) is 3.66. The molecule has 2 N–H and O–H groups in total. The average molecular weight is 716 g/mol. The highest BCUT2D eigenvalue weighted by Crippen LogP contribution is 2.28. The van der Waals surface area contributed by atoms with E-state index in [0.29, 0.717) is 17.1 Å². The van der Waals surface area contributed by atoms with Gasteiger partial charge in [0.15, 0.2) is 5.78 Å². The normalized spacial score (nSPS) is 11.2. The molecule has 2 aromatic carbocycles. The van der Waals surface area contributed by atoms with E-state index >= 15 is 0 Å². The van der Waals surface area contributed by atoms with Crippen molar-refractivity contribution in [1.29, 1.82) is 0 Å². The van der Waals surface area contributed by atoms with Crippen LogP contribution in [0.2, 0.25) is 0 Å². The minimum atomic E-state index is -0.0405. The maximum absolute atomic E-state index is 11.6. The van der Waals surface area contributed by atoms with Gasteiger partial charge in [-0.15, -0.1) is 22.7 Å². The summed E-state index contributed by atoms with van der Waals surface area (Å²) >= 11 is 3.12. The predicted molar refractivity (Wildman–Crippen MR) is 202 cm³/mol. The minimum Gasteiger partial charge on any atom is -0.411 e. The van der Waals surface area contributed by atoms with Gasteiger partial charge in [0, 0.05) is 46.7 Å². The summed E-state index contributed by atoms with van der Waals surface area (Å²) in [4.78, 5) is 29.6. The van der Waals surface area contributed by atoms with Crippen LogP contribution in [0.4, 0.5) is 0 Å². The van der Waals surface area contributed by atoms with Gasteiger partial charge in [-0.3, -0.25) is 4.79 Å². The van der Waals surface area contributed by atoms with Crippen LogP contribution in [0.15, 0.2) is 101 Å². The van der Waals surface area contributed by atoms with Crippen molar-refractivity contribution < 1.29 is 15.1 Å². The Bertz CT molecular complexity index is 2510. The summed E-state index contributed by atoms with van der Waals surface area (Å²) in [7, 11) is 1.00. The fraction of sp³-hybridized carbons (Fsp3) is 0.135. The van der Waals surface area contributed by atoms with Crippen LogP contribution in [-0.2, 0) is 0 Å². The van der Waals surface area contributed by atoms with Crippen LogP contribution in [0.25, 0.3) is 54.6 Å². The van der Waals surface area contributed by atoms with Crippen LogP contribution in [0.1, 0.15) is 41.4 Å². The molecule has 0 fully saturated rings. The number of benzene rings is 2. The number of hydrogen-bond donors (Lipinski definition) is 2. The Kier molecular flexibility index (Phi) is 10.5. The molecular formula is C37H33N9O3S2. The van der Waals surface area contributed by atoms with E-state index in [0.717, 1.165) is 73.1 Å². The molecule has 0 aliphatic rings. The molecule has 0 saturated heterocycles. The van der Waals surface area contributed by atoms with Crippen molar-refractivity contribution in [1.82, 2.24) is 39.5 Å². The largest absolute Gasteiger partial charge is 0.411 e. The lowest BCUT2D eigenvalue weighted by Crippen LogP contribution is -1.99. The molecule has 51 heavy (non-hydrogen) atoms. The first-order valence-electron chi connectivity index (χ1n) is 15.7. The molecule has 8 aromatic rings. The summed E-state index contributed by atoms with van der Waals surface area (Å²) in [6.45, 7) is 7.18. The van der Waals surface area contributed by atoms with Gasteiger partial charge in [-0.2, -0.15) is 10.2 Å². The minimum absolute atomic E-state index is 0.0405. The molecule has 0 radical (unpaired) electrons. The standard InChI is InChI=1S/C18H15N5OS.C18H14N4OS.CH4O/c1-11-10-25-18(20-11)23-17-8-13(6-7-14(17)9-19-23)16-5-3-4-15(21-16)12(2)22-24;1-11-10-24-18(20-11)22-17-8-13(6-7-14(17)9-19-22)16-5-3-4-15(21-16)12(2)23;1-2/h3-10,24H,1-2H3;3-10H,1-2H3;2H,1H3/b22-12-;;. The highest BCUT2D eigenvalue weighted by Gasteiger charge is 2.13. The molecule has 0 saturated carbocycles. The predicted octanol–water partition coefficient (Wildman–Crippen LogP) is 7.71. The summed E-state index contributed by atoms with van der Waals surface area (Å²) in [5.41, 5.74) is 8.99. The maximum Gasteiger partial charge on any atom is 0.211 e. The van der Waals surface area contributed by atoms with Crippen LogP contribution in [0.3, 0.4) is 0 Å². The lowest BCUT2D eigenvalue weighted by molar-refractivity contribution is 0.101. The van der Waals surface area contributed by atoms with Gasteiger partial charge in [-0.05, 0) is 57.2 Å². The third-order valence-electron chi connectivity index (χ3n) is 7.69. The summed E-state index contributed by atoms with van der Waals surface area (Å²) in [6, 6.07) is 23.3. The second-order valence-electron chi connectivity index (χ2n) is 11.3. The Hall–Kier alpha value is -5.96. The first kappa shape index (κ1) is 34.9. The molecule has 0 unspecified atom stereocenters. The van der Waals surface area contributed by atoms with Gasteiger partial charge < -0.3 is 10.3 Å². The molecule has 0 atom stereocenters. The van der Waals surface area contributed by atoms with Crippen molar-refractivity contribution in [2.45, 2.75) is 27.7 Å². The molecule has 0 aliphatic carbocycles. The Morgan fingerprint density at radius 1 is 0.667 bits per heavy atom. The van der Waals surface area contributed by atoms with Crippen molar-refractivity contribution in [3.8, 4) is 32.8 Å². The van der Waals surface area contributed by atoms with Gasteiger partial charge in [0.2, 0.25) is 10.3 Å². The zero-order chi connectivity index (χ0) is 36.1. The van der Waals surface area contributed by atoms with Gasteiger partial charge in [0.25, 0.3) is 0 Å². The molecule has 8 rings (SSSR count). The third kappa shape index (κ3) is 7.48. The lowest BCUT2D eigenvalue weighted by atomic mass is 10.1. The summed E-state index contributed by atoms with van der Waals surface area (Å²) < 4.78 is 3.69. The Morgan fingerprint density at radius 2 is 1.14 bits per heavy atom. The molecule has 12 nitrogen and oxygen atoms in total. The van der Waals surface area contributed by atoms with E-state index < -0.39 is 0 Å². The molecule has 0 amide bonds. The van der Waals surface area contributed by atoms with Gasteiger partial charge >= 0.3 is 0 Å². The Balaban J connectivity index is 0.000000168. The van der Waals surface area contributed by atoms with Crippen LogP contribution in [0, 0.1) is 13.8 Å². The smallest absolute Gasteiger partial charge is 0.211 e. The van der Waals surface area contributed by atoms with Gasteiger partial charge in [0.05, 0.1) is 51.9 Å². The van der Waals surface area contributed by atoms with Crippen LogP contribution in [-0.4, -0.2) is 68.4 Å². The van der Waals surface area contributed by atoms with E-state index in [2.05, 4.69) is 41.4 Å². The first-order chi connectivity index (χ1) is 24.8. The van der Waals surface area contributed by atoms with Crippen molar-refractivity contribution in [3.05, 3.63) is 119 Å². The number of ketones is 1. The van der Waals surface area contributed by atoms with Crippen LogP contribution >= 0.6 is 22.7 Å². The van der Waals surface area contributed by atoms with Crippen molar-refractivity contribution in [2.24, 2.45) is 5.16 Å². The SMILES string of the molecule is C/C(=N/O)c1cccc(-c2ccc3cnn(-c4nc(C)cs4)c3c2)n1.CC(=O)c1cccc(-c2ccc3cnn(-c4nc(C)cs4)c3c2)n1.CO. The first-order valence-corrected chi connectivity index (χ1v) is 17.4. The van der Waals surface area contributed by atoms with E-state index in [9.17, 15) is 4.79 Å². The second kappa shape index (κ2) is 15.3. The third-order valence-corrected chi connectivity index (χ3v) is 9.56. The Morgan fingerprint density at radius 3 is 1.57 bits per heavy atom. The number of Topliss-reactive ketones (excluding diaryl/α,β-unsaturated/α-hetero) is 1. The number of carbonyl (C=O) groups is 1. The lowest BCUT2D eigenvalue weighted by Gasteiger charge is -2.05. The highest BCUT2D eigenvalue weighted by atomic mass is 32.1. The zero-order valence-corrected chi connectivity index (χ0v) is 30.0. The highest BCUT2D eigenvalue weighted by molar-refractivity contribution is 7.12. The van der Waals surface area contributed by atoms with E-state index in [1.165, 1.54) is 6.92 Å². The van der Waals surface area contributed by atoms with Gasteiger partial charge in [-0.25, -0.2) is 29.3 Å². The summed E-state index contributed by atoms with van der Waals surface area (Å²) in [5, 5.41) is 35.9. The molecule has 0 spiro atoms. The van der Waals surface area contributed by atoms with Crippen molar-refractivity contribution in [2.75, 3.05) is 7.11 Å². The maximum atomic E-state index is 11.6. The fourth-order valence-corrected chi connectivity index (χ4v) is 6.72. The monoisotopic (exact) mass is 715 g/mol. The molecule has 14 heteroatoms. The molecular weight excluding hydrogens is 683 g/mol. The number of carbonyl (C=O) groups excluding carboxylic acids is 1. The number of aliphatic hydroxyl groups is 1.